The minimum absolute atomic E-state index is 0.0191. The van der Waals surface area contributed by atoms with Gasteiger partial charge in [-0.15, -0.1) is 0 Å². The second-order valence-electron chi connectivity index (χ2n) is 1.22. The third kappa shape index (κ3) is 6.34. The maximum Gasteiger partial charge on any atom is 0.238 e. The summed E-state index contributed by atoms with van der Waals surface area (Å²) in [6.07, 6.45) is -1.54. The van der Waals surface area contributed by atoms with E-state index in [1.807, 2.05) is 0 Å². The molecule has 0 heterocycles. The molecule has 0 unspecified atom stereocenters. The predicted octanol–water partition coefficient (Wildman–Crippen LogP) is 2.43. The highest BCUT2D eigenvalue weighted by atomic mass is 79.9. The van der Waals surface area contributed by atoms with Gasteiger partial charge in [0, 0.05) is 11.8 Å². The van der Waals surface area contributed by atoms with Crippen LogP contribution in [0.3, 0.4) is 0 Å². The average molecular weight is 173 g/mol. The van der Waals surface area contributed by atoms with Crippen LogP contribution in [0.25, 0.3) is 0 Å². The van der Waals surface area contributed by atoms with Crippen molar-refractivity contribution in [1.82, 2.24) is 0 Å². The molecule has 0 fully saturated rings. The Kier molecular flexibility index (Phi) is 4.72. The second kappa shape index (κ2) is 4.50. The van der Waals surface area contributed by atoms with Crippen LogP contribution in [0, 0.1) is 0 Å². The van der Waals surface area contributed by atoms with Crippen LogP contribution in [0.2, 0.25) is 0 Å². The van der Waals surface area contributed by atoms with Gasteiger partial charge in [-0.25, -0.2) is 8.78 Å². The number of halogens is 3. The van der Waals surface area contributed by atoms with E-state index in [0.717, 1.165) is 0 Å². The van der Waals surface area contributed by atoms with Gasteiger partial charge in [0.05, 0.1) is 0 Å². The molecule has 3 heteroatoms. The summed E-state index contributed by atoms with van der Waals surface area (Å²) < 4.78 is 22.4. The van der Waals surface area contributed by atoms with E-state index in [1.165, 1.54) is 0 Å². The smallest absolute Gasteiger partial charge is 0.211 e. The van der Waals surface area contributed by atoms with Crippen LogP contribution in [0.5, 0.6) is 0 Å². The van der Waals surface area contributed by atoms with Crippen molar-refractivity contribution < 1.29 is 8.78 Å². The van der Waals surface area contributed by atoms with E-state index in [1.54, 1.807) is 0 Å². The Morgan fingerprint density at radius 1 is 1.43 bits per heavy atom. The van der Waals surface area contributed by atoms with Crippen molar-refractivity contribution in [2.45, 2.75) is 19.3 Å². The normalized spacial score (nSPS) is 10.3. The van der Waals surface area contributed by atoms with Crippen molar-refractivity contribution in [2.75, 3.05) is 5.33 Å². The number of rotatable bonds is 3. The molecule has 0 aliphatic carbocycles. The first-order chi connectivity index (χ1) is 3.27. The lowest BCUT2D eigenvalue weighted by atomic mass is 10.4. The monoisotopic (exact) mass is 172 g/mol. The Balaban J connectivity index is 2.68. The van der Waals surface area contributed by atoms with Gasteiger partial charge >= 0.3 is 0 Å². The molecule has 0 aromatic rings. The molecular formula is C4H7BrF2. The molecule has 0 aliphatic rings. The Labute approximate surface area is 50.0 Å². The summed E-state index contributed by atoms with van der Waals surface area (Å²) in [4.78, 5) is 0. The van der Waals surface area contributed by atoms with Crippen molar-refractivity contribution in [3.05, 3.63) is 0 Å². The topological polar surface area (TPSA) is 0 Å². The molecule has 0 rings (SSSR count). The molecule has 0 saturated heterocycles. The van der Waals surface area contributed by atoms with Gasteiger partial charge in [0.2, 0.25) is 6.43 Å². The minimum atomic E-state index is -2.13. The summed E-state index contributed by atoms with van der Waals surface area (Å²) in [6, 6.07) is 0. The number of hydrogen-bond donors (Lipinski definition) is 0. The first kappa shape index (κ1) is 7.34. The van der Waals surface area contributed by atoms with E-state index in [0.29, 0.717) is 11.8 Å². The van der Waals surface area contributed by atoms with E-state index >= 15 is 0 Å². The van der Waals surface area contributed by atoms with E-state index < -0.39 is 6.43 Å². The van der Waals surface area contributed by atoms with Crippen molar-refractivity contribution >= 4 is 15.9 Å². The number of alkyl halides is 3. The van der Waals surface area contributed by atoms with Crippen molar-refractivity contribution in [1.29, 1.82) is 0 Å². The molecule has 0 N–H and O–H groups in total. The SMILES string of the molecule is FC(F)CCCBr. The largest absolute Gasteiger partial charge is 0.238 e. The van der Waals surface area contributed by atoms with Gasteiger partial charge in [0.25, 0.3) is 0 Å². The minimum Gasteiger partial charge on any atom is -0.211 e. The molecular weight excluding hydrogens is 166 g/mol. The van der Waals surface area contributed by atoms with Gasteiger partial charge in [-0.05, 0) is 6.42 Å². The van der Waals surface area contributed by atoms with Gasteiger partial charge in [-0.1, -0.05) is 15.9 Å². The van der Waals surface area contributed by atoms with E-state index in [9.17, 15) is 8.78 Å². The van der Waals surface area contributed by atoms with Crippen LogP contribution in [0.1, 0.15) is 12.8 Å². The molecule has 0 atom stereocenters. The van der Waals surface area contributed by atoms with E-state index in [4.69, 9.17) is 0 Å². The zero-order chi connectivity index (χ0) is 5.70. The molecule has 0 amide bonds. The molecule has 0 spiro atoms. The molecule has 7 heavy (non-hydrogen) atoms. The van der Waals surface area contributed by atoms with Crippen molar-refractivity contribution in [3.63, 3.8) is 0 Å². The zero-order valence-electron chi connectivity index (χ0n) is 3.83. The standard InChI is InChI=1S/C4H7BrF2/c5-3-1-2-4(6)7/h4H,1-3H2. The molecule has 0 nitrogen and oxygen atoms in total. The maximum absolute atomic E-state index is 11.2. The maximum atomic E-state index is 11.2. The van der Waals surface area contributed by atoms with Crippen molar-refractivity contribution in [3.8, 4) is 0 Å². The molecule has 0 radical (unpaired) electrons. The highest BCUT2D eigenvalue weighted by molar-refractivity contribution is 9.09. The Hall–Kier alpha value is 0.340. The van der Waals surface area contributed by atoms with Crippen LogP contribution >= 0.6 is 15.9 Å². The highest BCUT2D eigenvalue weighted by Gasteiger charge is 1.98. The van der Waals surface area contributed by atoms with Gasteiger partial charge in [0.1, 0.15) is 0 Å². The van der Waals surface area contributed by atoms with Crippen LogP contribution in [0.15, 0.2) is 0 Å². The Bertz CT molecular complexity index is 38.7. The summed E-state index contributed by atoms with van der Waals surface area (Å²) >= 11 is 3.04. The summed E-state index contributed by atoms with van der Waals surface area (Å²) in [6.45, 7) is 0. The molecule has 0 aromatic heterocycles. The fraction of sp³-hybridized carbons (Fsp3) is 1.00. The molecule has 0 aliphatic heterocycles. The second-order valence-corrected chi connectivity index (χ2v) is 2.02. The Morgan fingerprint density at radius 2 is 2.00 bits per heavy atom. The van der Waals surface area contributed by atoms with Gasteiger partial charge in [-0.2, -0.15) is 0 Å². The van der Waals surface area contributed by atoms with Crippen LogP contribution < -0.4 is 0 Å². The first-order valence-corrected chi connectivity index (χ1v) is 3.23. The highest BCUT2D eigenvalue weighted by Crippen LogP contribution is 2.03. The zero-order valence-corrected chi connectivity index (χ0v) is 5.42. The average Bonchev–Trinajstić information content (AvgIpc) is 1.61. The van der Waals surface area contributed by atoms with Crippen molar-refractivity contribution in [2.24, 2.45) is 0 Å². The lowest BCUT2D eigenvalue weighted by Gasteiger charge is -1.91. The molecule has 0 bridgehead atoms. The van der Waals surface area contributed by atoms with E-state index in [-0.39, 0.29) is 6.42 Å². The fourth-order valence-corrected chi connectivity index (χ4v) is 0.555. The van der Waals surface area contributed by atoms with E-state index in [2.05, 4.69) is 15.9 Å². The lowest BCUT2D eigenvalue weighted by molar-refractivity contribution is 0.137. The predicted molar refractivity (Wildman–Crippen MR) is 29.0 cm³/mol. The quantitative estimate of drug-likeness (QED) is 0.575. The third-order valence-electron chi connectivity index (χ3n) is 0.556. The third-order valence-corrected chi connectivity index (χ3v) is 1.12. The van der Waals surface area contributed by atoms with Crippen LogP contribution in [-0.2, 0) is 0 Å². The molecule has 44 valence electrons. The fourth-order valence-electron chi connectivity index (χ4n) is 0.231. The molecule has 0 aromatic carbocycles. The van der Waals surface area contributed by atoms with Gasteiger partial charge in [-0.3, -0.25) is 0 Å². The summed E-state index contributed by atoms with van der Waals surface area (Å²) in [5, 5.41) is 0.678. The van der Waals surface area contributed by atoms with Crippen LogP contribution in [-0.4, -0.2) is 11.8 Å². The Morgan fingerprint density at radius 3 is 2.14 bits per heavy atom. The van der Waals surface area contributed by atoms with Gasteiger partial charge in [0.15, 0.2) is 0 Å². The summed E-state index contributed by atoms with van der Waals surface area (Å²) in [7, 11) is 0. The summed E-state index contributed by atoms with van der Waals surface area (Å²) in [5.41, 5.74) is 0. The molecule has 0 saturated carbocycles. The number of hydrogen-bond acceptors (Lipinski definition) is 0. The first-order valence-electron chi connectivity index (χ1n) is 2.11. The lowest BCUT2D eigenvalue weighted by Crippen LogP contribution is -1.88. The van der Waals surface area contributed by atoms with Crippen LogP contribution in [0.4, 0.5) is 8.78 Å². The summed E-state index contributed by atoms with van der Waals surface area (Å²) in [5.74, 6) is 0. The van der Waals surface area contributed by atoms with Gasteiger partial charge < -0.3 is 0 Å².